The van der Waals surface area contributed by atoms with Crippen molar-refractivity contribution in [2.75, 3.05) is 6.61 Å². The van der Waals surface area contributed by atoms with Gasteiger partial charge in [-0.15, -0.1) is 0 Å². The fourth-order valence-electron chi connectivity index (χ4n) is 1.45. The highest BCUT2D eigenvalue weighted by Gasteiger charge is 2.24. The molecule has 0 aliphatic heterocycles. The van der Waals surface area contributed by atoms with E-state index in [1.165, 1.54) is 12.1 Å². The number of hydrogen-bond acceptors (Lipinski definition) is 4. The van der Waals surface area contributed by atoms with Crippen molar-refractivity contribution in [3.05, 3.63) is 34.6 Å². The maximum absolute atomic E-state index is 13.4. The van der Waals surface area contributed by atoms with Crippen LogP contribution in [0, 0.1) is 5.82 Å². The molecule has 0 radical (unpaired) electrons. The van der Waals surface area contributed by atoms with Crippen LogP contribution in [-0.4, -0.2) is 28.9 Å². The smallest absolute Gasteiger partial charge is 0.308 e. The summed E-state index contributed by atoms with van der Waals surface area (Å²) in [6, 6.07) is 3.61. The third kappa shape index (κ3) is 3.94. The lowest BCUT2D eigenvalue weighted by molar-refractivity contribution is -0.147. The van der Waals surface area contributed by atoms with Crippen LogP contribution < -0.4 is 0 Å². The van der Waals surface area contributed by atoms with Gasteiger partial charge in [0.2, 0.25) is 0 Å². The highest BCUT2D eigenvalue weighted by molar-refractivity contribution is 6.30. The average molecular weight is 277 g/mol. The highest BCUT2D eigenvalue weighted by Crippen LogP contribution is 2.25. The Morgan fingerprint density at radius 3 is 2.78 bits per heavy atom. The standard InChI is InChI=1S/C12H14ClFO4/c1-2-18-11(16)6-10(15)12(17)8-5-7(13)3-4-9(8)14/h3-5,10,12,15,17H,2,6H2,1H3. The first-order valence-corrected chi connectivity index (χ1v) is 5.80. The molecule has 0 saturated heterocycles. The van der Waals surface area contributed by atoms with Crippen molar-refractivity contribution < 1.29 is 24.1 Å². The first kappa shape index (κ1) is 14.9. The lowest BCUT2D eigenvalue weighted by Gasteiger charge is -2.18. The van der Waals surface area contributed by atoms with E-state index in [0.29, 0.717) is 0 Å². The fraction of sp³-hybridized carbons (Fsp3) is 0.417. The van der Waals surface area contributed by atoms with Gasteiger partial charge in [-0.05, 0) is 25.1 Å². The minimum atomic E-state index is -1.53. The Balaban J connectivity index is 2.76. The second-order valence-electron chi connectivity index (χ2n) is 3.69. The zero-order valence-corrected chi connectivity index (χ0v) is 10.5. The predicted octanol–water partition coefficient (Wildman–Crippen LogP) is 1.83. The number of hydrogen-bond donors (Lipinski definition) is 2. The Morgan fingerprint density at radius 2 is 2.17 bits per heavy atom. The van der Waals surface area contributed by atoms with Gasteiger partial charge in [0.05, 0.1) is 19.1 Å². The molecule has 0 fully saturated rings. The monoisotopic (exact) mass is 276 g/mol. The fourth-order valence-corrected chi connectivity index (χ4v) is 1.63. The van der Waals surface area contributed by atoms with Gasteiger partial charge in [0, 0.05) is 10.6 Å². The molecular formula is C12H14ClFO4. The Labute approximate surface area is 109 Å². The second-order valence-corrected chi connectivity index (χ2v) is 4.12. The number of halogens is 2. The van der Waals surface area contributed by atoms with E-state index in [1.54, 1.807) is 6.92 Å². The van der Waals surface area contributed by atoms with Crippen LogP contribution in [0.5, 0.6) is 0 Å². The third-order valence-electron chi connectivity index (χ3n) is 2.32. The van der Waals surface area contributed by atoms with Crippen LogP contribution in [-0.2, 0) is 9.53 Å². The summed E-state index contributed by atoms with van der Waals surface area (Å²) in [5.41, 5.74) is -0.153. The van der Waals surface area contributed by atoms with E-state index in [0.717, 1.165) is 6.07 Å². The molecular weight excluding hydrogens is 263 g/mol. The number of benzene rings is 1. The van der Waals surface area contributed by atoms with E-state index >= 15 is 0 Å². The quantitative estimate of drug-likeness (QED) is 0.805. The number of aliphatic hydroxyl groups excluding tert-OH is 2. The van der Waals surface area contributed by atoms with Crippen LogP contribution in [0.2, 0.25) is 5.02 Å². The molecule has 1 rings (SSSR count). The lowest BCUT2D eigenvalue weighted by Crippen LogP contribution is -2.23. The SMILES string of the molecule is CCOC(=O)CC(O)C(O)c1cc(Cl)ccc1F. The summed E-state index contributed by atoms with van der Waals surface area (Å²) in [5, 5.41) is 19.6. The van der Waals surface area contributed by atoms with Gasteiger partial charge < -0.3 is 14.9 Å². The van der Waals surface area contributed by atoms with Gasteiger partial charge in [-0.3, -0.25) is 4.79 Å². The number of esters is 1. The topological polar surface area (TPSA) is 66.8 Å². The summed E-state index contributed by atoms with van der Waals surface area (Å²) in [6.45, 7) is 1.80. The Morgan fingerprint density at radius 1 is 1.50 bits per heavy atom. The molecule has 2 N–H and O–H groups in total. The maximum Gasteiger partial charge on any atom is 0.308 e. The molecule has 0 saturated carbocycles. The van der Waals surface area contributed by atoms with Gasteiger partial charge in [0.15, 0.2) is 0 Å². The molecule has 6 heteroatoms. The molecule has 0 amide bonds. The zero-order valence-electron chi connectivity index (χ0n) is 9.77. The number of rotatable bonds is 5. The van der Waals surface area contributed by atoms with Crippen LogP contribution in [0.3, 0.4) is 0 Å². The van der Waals surface area contributed by atoms with Crippen LogP contribution in [0.15, 0.2) is 18.2 Å². The van der Waals surface area contributed by atoms with E-state index in [4.69, 9.17) is 11.6 Å². The summed E-state index contributed by atoms with van der Waals surface area (Å²) in [5.74, 6) is -1.36. The molecule has 100 valence electrons. The first-order chi connectivity index (χ1) is 8.45. The minimum absolute atomic E-state index is 0.153. The van der Waals surface area contributed by atoms with Gasteiger partial charge in [-0.2, -0.15) is 0 Å². The normalized spacial score (nSPS) is 14.1. The van der Waals surface area contributed by atoms with Crippen LogP contribution in [0.25, 0.3) is 0 Å². The molecule has 0 bridgehead atoms. The van der Waals surface area contributed by atoms with Crippen molar-refractivity contribution in [2.45, 2.75) is 25.6 Å². The van der Waals surface area contributed by atoms with Crippen LogP contribution >= 0.6 is 11.6 Å². The number of aliphatic hydroxyl groups is 2. The van der Waals surface area contributed by atoms with E-state index < -0.39 is 30.4 Å². The summed E-state index contributed by atoms with van der Waals surface area (Å²) in [6.07, 6.45) is -3.40. The zero-order chi connectivity index (χ0) is 13.7. The van der Waals surface area contributed by atoms with E-state index in [-0.39, 0.29) is 17.2 Å². The molecule has 0 aliphatic rings. The van der Waals surface area contributed by atoms with Crippen molar-refractivity contribution >= 4 is 17.6 Å². The highest BCUT2D eigenvalue weighted by atomic mass is 35.5. The summed E-state index contributed by atoms with van der Waals surface area (Å²) in [7, 11) is 0. The van der Waals surface area contributed by atoms with Crippen LogP contribution in [0.1, 0.15) is 25.0 Å². The maximum atomic E-state index is 13.4. The molecule has 1 aromatic carbocycles. The van der Waals surface area contributed by atoms with Crippen molar-refractivity contribution in [3.63, 3.8) is 0 Å². The average Bonchev–Trinajstić information content (AvgIpc) is 2.31. The minimum Gasteiger partial charge on any atom is -0.466 e. The molecule has 0 aliphatic carbocycles. The lowest BCUT2D eigenvalue weighted by atomic mass is 10.0. The molecule has 4 nitrogen and oxygen atoms in total. The summed E-state index contributed by atoms with van der Waals surface area (Å²) >= 11 is 5.67. The summed E-state index contributed by atoms with van der Waals surface area (Å²) < 4.78 is 18.0. The Bertz CT molecular complexity index is 425. The number of carbonyl (C=O) groups excluding carboxylic acids is 1. The molecule has 2 unspecified atom stereocenters. The largest absolute Gasteiger partial charge is 0.466 e. The van der Waals surface area contributed by atoms with Crippen molar-refractivity contribution in [3.8, 4) is 0 Å². The molecule has 2 atom stereocenters. The number of ether oxygens (including phenoxy) is 1. The predicted molar refractivity (Wildman–Crippen MR) is 63.6 cm³/mol. The van der Waals surface area contributed by atoms with Crippen molar-refractivity contribution in [1.82, 2.24) is 0 Å². The van der Waals surface area contributed by atoms with Gasteiger partial charge in [-0.25, -0.2) is 4.39 Å². The molecule has 0 aromatic heterocycles. The molecule has 18 heavy (non-hydrogen) atoms. The van der Waals surface area contributed by atoms with Crippen molar-refractivity contribution in [1.29, 1.82) is 0 Å². The van der Waals surface area contributed by atoms with Gasteiger partial charge >= 0.3 is 5.97 Å². The Hall–Kier alpha value is -1.17. The van der Waals surface area contributed by atoms with E-state index in [9.17, 15) is 19.4 Å². The van der Waals surface area contributed by atoms with Crippen LogP contribution in [0.4, 0.5) is 4.39 Å². The number of carbonyl (C=O) groups is 1. The summed E-state index contributed by atoms with van der Waals surface area (Å²) in [4.78, 5) is 11.1. The molecule has 0 spiro atoms. The second kappa shape index (κ2) is 6.68. The molecule has 1 aromatic rings. The Kier molecular flexibility index (Phi) is 5.53. The van der Waals surface area contributed by atoms with E-state index in [2.05, 4.69) is 4.74 Å². The first-order valence-electron chi connectivity index (χ1n) is 5.42. The van der Waals surface area contributed by atoms with E-state index in [1.807, 2.05) is 0 Å². The van der Waals surface area contributed by atoms with Gasteiger partial charge in [0.1, 0.15) is 11.9 Å². The van der Waals surface area contributed by atoms with Gasteiger partial charge in [0.25, 0.3) is 0 Å². The van der Waals surface area contributed by atoms with Crippen molar-refractivity contribution in [2.24, 2.45) is 0 Å². The van der Waals surface area contributed by atoms with Gasteiger partial charge in [-0.1, -0.05) is 11.6 Å². The molecule has 0 heterocycles. The third-order valence-corrected chi connectivity index (χ3v) is 2.56.